The van der Waals surface area contributed by atoms with Crippen LogP contribution in [0.3, 0.4) is 0 Å². The van der Waals surface area contributed by atoms with Crippen LogP contribution in [-0.4, -0.2) is 33.5 Å². The van der Waals surface area contributed by atoms with E-state index < -0.39 is 0 Å². The van der Waals surface area contributed by atoms with Crippen LogP contribution in [0.2, 0.25) is 5.02 Å². The number of amides is 2. The van der Waals surface area contributed by atoms with Gasteiger partial charge in [-0.1, -0.05) is 54.1 Å². The van der Waals surface area contributed by atoms with Gasteiger partial charge in [-0.05, 0) is 42.0 Å². The van der Waals surface area contributed by atoms with Gasteiger partial charge in [0.1, 0.15) is 0 Å². The lowest BCUT2D eigenvalue weighted by molar-refractivity contribution is -0.131. The lowest BCUT2D eigenvalue weighted by Crippen LogP contribution is -2.38. The predicted octanol–water partition coefficient (Wildman–Crippen LogP) is 4.00. The Morgan fingerprint density at radius 2 is 1.94 bits per heavy atom. The number of fused-ring (bicyclic) bond motifs is 2. The molecule has 2 heterocycles. The molecule has 1 aromatic heterocycles. The number of hydrogen-bond donors (Lipinski definition) is 2. The number of aromatic nitrogens is 2. The van der Waals surface area contributed by atoms with Gasteiger partial charge in [0, 0.05) is 35.8 Å². The molecule has 7 heteroatoms. The highest BCUT2D eigenvalue weighted by Crippen LogP contribution is 2.30. The lowest BCUT2D eigenvalue weighted by atomic mass is 9.87. The molecule has 164 valence electrons. The second kappa shape index (κ2) is 8.79. The largest absolute Gasteiger partial charge is 0.344 e. The molecule has 3 aromatic rings. The monoisotopic (exact) mass is 448 g/mol. The number of nitrogens with zero attached hydrogens (tertiary/aromatic N) is 2. The summed E-state index contributed by atoms with van der Waals surface area (Å²) in [6.45, 7) is 0.967. The molecule has 32 heavy (non-hydrogen) atoms. The number of H-pyrrole nitrogens is 1. The first-order valence-electron chi connectivity index (χ1n) is 11.1. The van der Waals surface area contributed by atoms with E-state index >= 15 is 0 Å². The number of benzene rings is 2. The standard InChI is InChI=1S/C25H25ClN4O2/c26-20-10-4-2-7-17(20)14-23(31)30-13-12-22-19(15-30)24(29-28-22)25(32)27-21-11-5-8-16-6-1-3-9-18(16)21/h1-4,6-7,9-10,21H,5,8,11-15H2,(H,27,32)(H,28,29). The highest BCUT2D eigenvalue weighted by Gasteiger charge is 2.30. The molecule has 1 aliphatic carbocycles. The van der Waals surface area contributed by atoms with Crippen LogP contribution < -0.4 is 5.32 Å². The van der Waals surface area contributed by atoms with E-state index in [4.69, 9.17) is 11.6 Å². The van der Waals surface area contributed by atoms with Gasteiger partial charge in [-0.15, -0.1) is 0 Å². The molecule has 0 saturated carbocycles. The van der Waals surface area contributed by atoms with Crippen molar-refractivity contribution in [1.82, 2.24) is 20.4 Å². The zero-order chi connectivity index (χ0) is 22.1. The smallest absolute Gasteiger partial charge is 0.272 e. The van der Waals surface area contributed by atoms with Crippen molar-refractivity contribution in [2.24, 2.45) is 0 Å². The fourth-order valence-corrected chi connectivity index (χ4v) is 4.95. The molecule has 2 N–H and O–H groups in total. The topological polar surface area (TPSA) is 78.1 Å². The van der Waals surface area contributed by atoms with Crippen LogP contribution in [-0.2, 0) is 30.6 Å². The van der Waals surface area contributed by atoms with E-state index in [-0.39, 0.29) is 24.3 Å². The molecule has 1 unspecified atom stereocenters. The first-order chi connectivity index (χ1) is 15.6. The van der Waals surface area contributed by atoms with Crippen LogP contribution in [0.4, 0.5) is 0 Å². The molecular weight excluding hydrogens is 424 g/mol. The van der Waals surface area contributed by atoms with Gasteiger partial charge in [-0.3, -0.25) is 14.7 Å². The molecule has 2 amide bonds. The summed E-state index contributed by atoms with van der Waals surface area (Å²) in [7, 11) is 0. The second-order valence-corrected chi connectivity index (χ2v) is 8.89. The van der Waals surface area contributed by atoms with Crippen LogP contribution >= 0.6 is 11.6 Å². The predicted molar refractivity (Wildman–Crippen MR) is 122 cm³/mol. The Labute approximate surface area is 192 Å². The van der Waals surface area contributed by atoms with E-state index in [0.29, 0.717) is 30.2 Å². The fourth-order valence-electron chi connectivity index (χ4n) is 4.74. The number of halogens is 1. The number of hydrogen-bond acceptors (Lipinski definition) is 3. The Morgan fingerprint density at radius 3 is 2.81 bits per heavy atom. The van der Waals surface area contributed by atoms with E-state index in [2.05, 4.69) is 27.6 Å². The third-order valence-electron chi connectivity index (χ3n) is 6.48. The Hall–Kier alpha value is -3.12. The SMILES string of the molecule is O=C(NC1CCCc2ccccc21)c1n[nH]c2c1CN(C(=O)Cc1ccccc1Cl)CC2. The fraction of sp³-hybridized carbons (Fsp3) is 0.320. The van der Waals surface area contributed by atoms with E-state index in [1.54, 1.807) is 11.0 Å². The minimum Gasteiger partial charge on any atom is -0.344 e. The normalized spacial score (nSPS) is 17.4. The van der Waals surface area contributed by atoms with Crippen LogP contribution in [0, 0.1) is 0 Å². The Balaban J connectivity index is 1.31. The molecule has 0 bridgehead atoms. The maximum absolute atomic E-state index is 13.2. The van der Waals surface area contributed by atoms with Crippen molar-refractivity contribution >= 4 is 23.4 Å². The molecule has 0 saturated heterocycles. The van der Waals surface area contributed by atoms with Crippen LogP contribution in [0.25, 0.3) is 0 Å². The summed E-state index contributed by atoms with van der Waals surface area (Å²) in [4.78, 5) is 27.9. The van der Waals surface area contributed by atoms with E-state index in [1.165, 1.54) is 11.1 Å². The molecule has 0 radical (unpaired) electrons. The minimum absolute atomic E-state index is 0.00230. The van der Waals surface area contributed by atoms with Crippen LogP contribution in [0.1, 0.15) is 57.3 Å². The average Bonchev–Trinajstić information content (AvgIpc) is 3.24. The number of nitrogens with one attached hydrogen (secondary N) is 2. The zero-order valence-corrected chi connectivity index (χ0v) is 18.5. The number of aromatic amines is 1. The summed E-state index contributed by atoms with van der Waals surface area (Å²) in [5.41, 5.74) is 5.42. The molecule has 2 aromatic carbocycles. The molecule has 0 fully saturated rings. The van der Waals surface area contributed by atoms with Gasteiger partial charge >= 0.3 is 0 Å². The van der Waals surface area contributed by atoms with Gasteiger partial charge < -0.3 is 10.2 Å². The average molecular weight is 449 g/mol. The number of aryl methyl sites for hydroxylation is 1. The summed E-state index contributed by atoms with van der Waals surface area (Å²) in [6.07, 6.45) is 3.90. The van der Waals surface area contributed by atoms with E-state index in [9.17, 15) is 9.59 Å². The van der Waals surface area contributed by atoms with Gasteiger partial charge in [0.05, 0.1) is 12.5 Å². The zero-order valence-electron chi connectivity index (χ0n) is 17.7. The van der Waals surface area contributed by atoms with Crippen molar-refractivity contribution in [1.29, 1.82) is 0 Å². The molecule has 6 nitrogen and oxygen atoms in total. The van der Waals surface area contributed by atoms with Crippen LogP contribution in [0.5, 0.6) is 0 Å². The Morgan fingerprint density at radius 1 is 1.12 bits per heavy atom. The summed E-state index contributed by atoms with van der Waals surface area (Å²) in [5, 5.41) is 11.1. The molecule has 0 spiro atoms. The van der Waals surface area contributed by atoms with Crippen molar-refractivity contribution in [3.05, 3.63) is 87.2 Å². The van der Waals surface area contributed by atoms with Crippen LogP contribution in [0.15, 0.2) is 48.5 Å². The number of carbonyl (C=O) groups is 2. The quantitative estimate of drug-likeness (QED) is 0.633. The highest BCUT2D eigenvalue weighted by atomic mass is 35.5. The minimum atomic E-state index is -0.190. The van der Waals surface area contributed by atoms with Crippen molar-refractivity contribution in [2.75, 3.05) is 6.54 Å². The summed E-state index contributed by atoms with van der Waals surface area (Å²) < 4.78 is 0. The van der Waals surface area contributed by atoms with E-state index in [0.717, 1.165) is 36.1 Å². The summed E-state index contributed by atoms with van der Waals surface area (Å²) in [6, 6.07) is 15.7. The molecule has 2 aliphatic rings. The molecular formula is C25H25ClN4O2. The van der Waals surface area contributed by atoms with Gasteiger partial charge in [0.25, 0.3) is 5.91 Å². The van der Waals surface area contributed by atoms with Crippen molar-refractivity contribution in [3.63, 3.8) is 0 Å². The van der Waals surface area contributed by atoms with Crippen molar-refractivity contribution < 1.29 is 9.59 Å². The number of carbonyl (C=O) groups excluding carboxylic acids is 2. The Bertz CT molecular complexity index is 1170. The Kier molecular flexibility index (Phi) is 5.70. The second-order valence-electron chi connectivity index (χ2n) is 8.48. The first kappa shape index (κ1) is 20.8. The lowest BCUT2D eigenvalue weighted by Gasteiger charge is -2.28. The third-order valence-corrected chi connectivity index (χ3v) is 6.84. The van der Waals surface area contributed by atoms with Gasteiger partial charge in [0.2, 0.25) is 5.91 Å². The van der Waals surface area contributed by atoms with Crippen molar-refractivity contribution in [2.45, 2.75) is 44.7 Å². The van der Waals surface area contributed by atoms with Gasteiger partial charge in [-0.25, -0.2) is 0 Å². The maximum Gasteiger partial charge on any atom is 0.272 e. The summed E-state index contributed by atoms with van der Waals surface area (Å²) in [5.74, 6) is -0.192. The number of rotatable bonds is 4. The van der Waals surface area contributed by atoms with Gasteiger partial charge in [-0.2, -0.15) is 5.10 Å². The van der Waals surface area contributed by atoms with Gasteiger partial charge in [0.15, 0.2) is 5.69 Å². The third kappa shape index (κ3) is 4.02. The highest BCUT2D eigenvalue weighted by molar-refractivity contribution is 6.31. The molecule has 1 atom stereocenters. The molecule has 5 rings (SSSR count). The first-order valence-corrected chi connectivity index (χ1v) is 11.4. The van der Waals surface area contributed by atoms with Crippen molar-refractivity contribution in [3.8, 4) is 0 Å². The molecule has 1 aliphatic heterocycles. The van der Waals surface area contributed by atoms with E-state index in [1.807, 2.05) is 30.3 Å². The summed E-state index contributed by atoms with van der Waals surface area (Å²) >= 11 is 6.23. The maximum atomic E-state index is 13.2.